The third-order valence-corrected chi connectivity index (χ3v) is 4.25. The van der Waals surface area contributed by atoms with Gasteiger partial charge in [-0.3, -0.25) is 0 Å². The van der Waals surface area contributed by atoms with Crippen LogP contribution in [0.2, 0.25) is 10.0 Å². The zero-order valence-electron chi connectivity index (χ0n) is 12.2. The van der Waals surface area contributed by atoms with Gasteiger partial charge in [0.2, 0.25) is 0 Å². The molecule has 3 nitrogen and oxygen atoms in total. The highest BCUT2D eigenvalue weighted by molar-refractivity contribution is 6.42. The molecule has 0 unspecified atom stereocenters. The van der Waals surface area contributed by atoms with E-state index in [1.54, 1.807) is 36.4 Å². The number of anilines is 1. The van der Waals surface area contributed by atoms with Gasteiger partial charge in [-0.1, -0.05) is 41.4 Å². The second-order valence-electron chi connectivity index (χ2n) is 5.07. The van der Waals surface area contributed by atoms with Gasteiger partial charge in [0.15, 0.2) is 0 Å². The monoisotopic (exact) mass is 357 g/mol. The molecule has 0 amide bonds. The number of nitriles is 1. The molecule has 0 saturated heterocycles. The third kappa shape index (κ3) is 3.05. The summed E-state index contributed by atoms with van der Waals surface area (Å²) in [6.07, 6.45) is 0. The number of nitrogens with zero attached hydrogens (tertiary/aromatic N) is 2. The Morgan fingerprint density at radius 3 is 2.46 bits per heavy atom. The van der Waals surface area contributed by atoms with Crippen molar-refractivity contribution in [3.8, 4) is 28.5 Å². The van der Waals surface area contributed by atoms with E-state index in [9.17, 15) is 9.65 Å². The zero-order chi connectivity index (χ0) is 17.3. The Balaban J connectivity index is 2.24. The second-order valence-corrected chi connectivity index (χ2v) is 5.88. The smallest absolute Gasteiger partial charge is 0.142 e. The molecule has 1 heterocycles. The van der Waals surface area contributed by atoms with Gasteiger partial charge in [0.25, 0.3) is 0 Å². The number of rotatable bonds is 2. The van der Waals surface area contributed by atoms with Gasteiger partial charge >= 0.3 is 0 Å². The predicted molar refractivity (Wildman–Crippen MR) is 94.2 cm³/mol. The Kier molecular flexibility index (Phi) is 4.39. The molecular formula is C18H10Cl2FN3. The summed E-state index contributed by atoms with van der Waals surface area (Å²) < 4.78 is 13.5. The van der Waals surface area contributed by atoms with E-state index in [2.05, 4.69) is 4.98 Å². The summed E-state index contributed by atoms with van der Waals surface area (Å²) in [6, 6.07) is 14.7. The molecule has 2 N–H and O–H groups in total. The second kappa shape index (κ2) is 6.48. The highest BCUT2D eigenvalue weighted by atomic mass is 35.5. The molecule has 0 bridgehead atoms. The summed E-state index contributed by atoms with van der Waals surface area (Å²) in [5.41, 5.74) is 8.38. The van der Waals surface area contributed by atoms with Gasteiger partial charge in [-0.25, -0.2) is 9.37 Å². The van der Waals surface area contributed by atoms with Crippen LogP contribution in [-0.2, 0) is 0 Å². The van der Waals surface area contributed by atoms with Gasteiger partial charge < -0.3 is 5.73 Å². The topological polar surface area (TPSA) is 62.7 Å². The summed E-state index contributed by atoms with van der Waals surface area (Å²) in [5, 5.41) is 10.2. The van der Waals surface area contributed by atoms with Gasteiger partial charge in [-0.05, 0) is 35.9 Å². The Morgan fingerprint density at radius 2 is 1.79 bits per heavy atom. The minimum absolute atomic E-state index is 0.0698. The number of halogens is 3. The van der Waals surface area contributed by atoms with Crippen LogP contribution in [-0.4, -0.2) is 4.98 Å². The molecule has 0 aliphatic carbocycles. The van der Waals surface area contributed by atoms with Crippen molar-refractivity contribution in [3.05, 3.63) is 70.0 Å². The van der Waals surface area contributed by atoms with E-state index in [0.29, 0.717) is 32.4 Å². The maximum absolute atomic E-state index is 13.5. The number of hydrogen-bond acceptors (Lipinski definition) is 3. The zero-order valence-corrected chi connectivity index (χ0v) is 13.7. The number of hydrogen-bond donors (Lipinski definition) is 1. The van der Waals surface area contributed by atoms with Crippen molar-refractivity contribution < 1.29 is 4.39 Å². The normalized spacial score (nSPS) is 10.4. The van der Waals surface area contributed by atoms with Crippen LogP contribution < -0.4 is 5.73 Å². The molecule has 0 atom stereocenters. The van der Waals surface area contributed by atoms with Crippen LogP contribution in [0, 0.1) is 17.1 Å². The minimum Gasteiger partial charge on any atom is -0.383 e. The van der Waals surface area contributed by atoms with Gasteiger partial charge in [-0.15, -0.1) is 0 Å². The minimum atomic E-state index is -0.400. The van der Waals surface area contributed by atoms with Crippen molar-refractivity contribution in [1.82, 2.24) is 4.98 Å². The van der Waals surface area contributed by atoms with Crippen LogP contribution in [0.1, 0.15) is 5.56 Å². The van der Waals surface area contributed by atoms with E-state index in [1.807, 2.05) is 6.07 Å². The molecule has 3 rings (SSSR count). The maximum Gasteiger partial charge on any atom is 0.142 e. The Bertz CT molecular complexity index is 980. The molecular weight excluding hydrogens is 348 g/mol. The van der Waals surface area contributed by atoms with Crippen LogP contribution in [0.25, 0.3) is 22.4 Å². The van der Waals surface area contributed by atoms with Crippen molar-refractivity contribution in [2.75, 3.05) is 5.73 Å². The highest BCUT2D eigenvalue weighted by Crippen LogP contribution is 2.33. The first kappa shape index (κ1) is 16.3. The first-order valence-electron chi connectivity index (χ1n) is 6.91. The maximum atomic E-state index is 13.5. The Labute approximate surface area is 148 Å². The largest absolute Gasteiger partial charge is 0.383 e. The first-order valence-corrected chi connectivity index (χ1v) is 7.67. The molecule has 118 valence electrons. The summed E-state index contributed by atoms with van der Waals surface area (Å²) in [4.78, 5) is 4.25. The molecule has 1 aromatic heterocycles. The lowest BCUT2D eigenvalue weighted by Crippen LogP contribution is -2.00. The summed E-state index contributed by atoms with van der Waals surface area (Å²) >= 11 is 12.0. The van der Waals surface area contributed by atoms with Crippen LogP contribution in [0.15, 0.2) is 48.5 Å². The van der Waals surface area contributed by atoms with Crippen molar-refractivity contribution in [2.45, 2.75) is 0 Å². The quantitative estimate of drug-likeness (QED) is 0.675. The summed E-state index contributed by atoms with van der Waals surface area (Å²) in [5.74, 6) is -0.330. The fraction of sp³-hybridized carbons (Fsp3) is 0. The fourth-order valence-electron chi connectivity index (χ4n) is 2.37. The lowest BCUT2D eigenvalue weighted by Gasteiger charge is -2.11. The van der Waals surface area contributed by atoms with Gasteiger partial charge in [0.1, 0.15) is 23.3 Å². The highest BCUT2D eigenvalue weighted by Gasteiger charge is 2.14. The number of nitrogens with two attached hydrogens (primary N) is 1. The summed E-state index contributed by atoms with van der Waals surface area (Å²) in [7, 11) is 0. The molecule has 0 saturated carbocycles. The predicted octanol–water partition coefficient (Wildman–Crippen LogP) is 5.32. The lowest BCUT2D eigenvalue weighted by atomic mass is 9.98. The van der Waals surface area contributed by atoms with Crippen molar-refractivity contribution in [3.63, 3.8) is 0 Å². The molecule has 0 fully saturated rings. The van der Waals surface area contributed by atoms with Gasteiger partial charge in [-0.2, -0.15) is 5.26 Å². The molecule has 0 aliphatic heterocycles. The number of aromatic nitrogens is 1. The van der Waals surface area contributed by atoms with Crippen molar-refractivity contribution >= 4 is 29.0 Å². The lowest BCUT2D eigenvalue weighted by molar-refractivity contribution is 0.628. The number of nitrogen functional groups attached to an aromatic ring is 1. The van der Waals surface area contributed by atoms with E-state index < -0.39 is 5.82 Å². The molecule has 0 aliphatic rings. The number of benzene rings is 2. The van der Waals surface area contributed by atoms with E-state index in [-0.39, 0.29) is 11.4 Å². The third-order valence-electron chi connectivity index (χ3n) is 3.51. The van der Waals surface area contributed by atoms with Gasteiger partial charge in [0.05, 0.1) is 15.7 Å². The molecule has 6 heteroatoms. The fourth-order valence-corrected chi connectivity index (χ4v) is 2.67. The van der Waals surface area contributed by atoms with E-state index in [0.717, 1.165) is 0 Å². The van der Waals surface area contributed by atoms with Crippen LogP contribution >= 0.6 is 23.2 Å². The first-order chi connectivity index (χ1) is 11.5. The SMILES string of the molecule is N#Cc1c(-c2cccc(F)c2)cc(-c2ccc(Cl)c(Cl)c2)nc1N. The average Bonchev–Trinajstić information content (AvgIpc) is 2.56. The van der Waals surface area contributed by atoms with Gasteiger partial charge in [0, 0.05) is 11.1 Å². The average molecular weight is 358 g/mol. The molecule has 0 radical (unpaired) electrons. The van der Waals surface area contributed by atoms with Crippen LogP contribution in [0.3, 0.4) is 0 Å². The van der Waals surface area contributed by atoms with E-state index in [4.69, 9.17) is 28.9 Å². The molecule has 3 aromatic rings. The molecule has 2 aromatic carbocycles. The van der Waals surface area contributed by atoms with Crippen molar-refractivity contribution in [1.29, 1.82) is 5.26 Å². The summed E-state index contributed by atoms with van der Waals surface area (Å²) in [6.45, 7) is 0. The standard InChI is InChI=1S/C18H10Cl2FN3/c19-15-5-4-11(7-16(15)20)17-8-13(14(9-22)18(23)24-17)10-2-1-3-12(21)6-10/h1-8H,(H2,23,24). The molecule has 0 spiro atoms. The number of pyridine rings is 1. The van der Waals surface area contributed by atoms with Crippen LogP contribution in [0.5, 0.6) is 0 Å². The van der Waals surface area contributed by atoms with Crippen molar-refractivity contribution in [2.24, 2.45) is 0 Å². The van der Waals surface area contributed by atoms with Crippen LogP contribution in [0.4, 0.5) is 10.2 Å². The van der Waals surface area contributed by atoms with E-state index in [1.165, 1.54) is 12.1 Å². The van der Waals surface area contributed by atoms with E-state index >= 15 is 0 Å². The Morgan fingerprint density at radius 1 is 1.00 bits per heavy atom. The molecule has 24 heavy (non-hydrogen) atoms. The Hall–Kier alpha value is -2.61.